The highest BCUT2D eigenvalue weighted by atomic mass is 79.9. The van der Waals surface area contributed by atoms with Crippen molar-refractivity contribution >= 4 is 38.9 Å². The predicted molar refractivity (Wildman–Crippen MR) is 144 cm³/mol. The SMILES string of the molecule is COc1cccc(N2C(=S)N[C@H](c3ccccn3)[C@H]2c2cc(C)n(-c3ccc(Br)cc3)c2C)c1. The number of hydrogen-bond donors (Lipinski definition) is 1. The van der Waals surface area contributed by atoms with E-state index in [1.165, 1.54) is 11.3 Å². The van der Waals surface area contributed by atoms with Gasteiger partial charge in [-0.15, -0.1) is 0 Å². The third-order valence-corrected chi connectivity index (χ3v) is 7.15. The normalized spacial score (nSPS) is 17.6. The molecule has 0 spiro atoms. The van der Waals surface area contributed by atoms with E-state index in [0.717, 1.165) is 33.0 Å². The number of thiocarbonyl (C=S) groups is 1. The number of aromatic nitrogens is 2. The van der Waals surface area contributed by atoms with Crippen molar-refractivity contribution < 1.29 is 4.74 Å². The second kappa shape index (κ2) is 9.24. The van der Waals surface area contributed by atoms with Crippen LogP contribution in [0.3, 0.4) is 0 Å². The summed E-state index contributed by atoms with van der Waals surface area (Å²) in [5, 5.41) is 4.22. The maximum atomic E-state index is 5.88. The number of hydrogen-bond acceptors (Lipinski definition) is 3. The minimum absolute atomic E-state index is 0.0788. The molecule has 34 heavy (non-hydrogen) atoms. The van der Waals surface area contributed by atoms with Crippen LogP contribution in [0.1, 0.15) is 34.7 Å². The number of methoxy groups -OCH3 is 1. The number of pyridine rings is 1. The molecule has 172 valence electrons. The van der Waals surface area contributed by atoms with E-state index in [1.807, 2.05) is 36.5 Å². The van der Waals surface area contributed by atoms with Crippen LogP contribution in [-0.4, -0.2) is 21.8 Å². The van der Waals surface area contributed by atoms with Crippen molar-refractivity contribution in [2.24, 2.45) is 0 Å². The summed E-state index contributed by atoms with van der Waals surface area (Å²) in [6, 6.07) is 24.5. The predicted octanol–water partition coefficient (Wildman–Crippen LogP) is 6.44. The van der Waals surface area contributed by atoms with Crippen LogP contribution in [0.4, 0.5) is 5.69 Å². The molecule has 4 aromatic rings. The van der Waals surface area contributed by atoms with Crippen LogP contribution in [0.2, 0.25) is 0 Å². The van der Waals surface area contributed by atoms with E-state index < -0.39 is 0 Å². The number of rotatable bonds is 5. The molecular formula is C27H25BrN4OS. The minimum atomic E-state index is -0.0984. The first-order valence-corrected chi connectivity index (χ1v) is 12.3. The molecule has 3 heterocycles. The zero-order valence-electron chi connectivity index (χ0n) is 19.2. The molecule has 5 nitrogen and oxygen atoms in total. The van der Waals surface area contributed by atoms with E-state index in [0.29, 0.717) is 5.11 Å². The standard InChI is InChI=1S/C27H25BrN4OS/c1-17-15-23(18(2)31(17)20-12-10-19(28)11-13-20)26-25(24-9-4-5-14-29-24)30-27(34)32(26)21-7-6-8-22(16-21)33-3/h4-16,25-26H,1-3H3,(H,30,34)/t25-,26-/m1/s1. The number of aryl methyl sites for hydroxylation is 1. The smallest absolute Gasteiger partial charge is 0.174 e. The fraction of sp³-hybridized carbons (Fsp3) is 0.185. The lowest BCUT2D eigenvalue weighted by Gasteiger charge is -2.28. The van der Waals surface area contributed by atoms with Gasteiger partial charge in [-0.2, -0.15) is 0 Å². The molecule has 1 fully saturated rings. The molecule has 7 heteroatoms. The van der Waals surface area contributed by atoms with Crippen LogP contribution in [0, 0.1) is 13.8 Å². The Morgan fingerprint density at radius 1 is 0.971 bits per heavy atom. The van der Waals surface area contributed by atoms with Gasteiger partial charge < -0.3 is 19.5 Å². The van der Waals surface area contributed by atoms with Gasteiger partial charge in [-0.05, 0) is 86.2 Å². The molecule has 0 amide bonds. The number of anilines is 1. The molecule has 2 aromatic carbocycles. The molecule has 0 saturated carbocycles. The van der Waals surface area contributed by atoms with Crippen molar-refractivity contribution in [2.45, 2.75) is 25.9 Å². The second-order valence-electron chi connectivity index (χ2n) is 8.34. The minimum Gasteiger partial charge on any atom is -0.497 e. The van der Waals surface area contributed by atoms with E-state index in [-0.39, 0.29) is 12.1 Å². The van der Waals surface area contributed by atoms with Crippen molar-refractivity contribution in [3.8, 4) is 11.4 Å². The van der Waals surface area contributed by atoms with E-state index in [4.69, 9.17) is 17.0 Å². The molecule has 0 aliphatic carbocycles. The summed E-state index contributed by atoms with van der Waals surface area (Å²) in [5.74, 6) is 0.792. The average Bonchev–Trinajstić information content (AvgIpc) is 3.35. The average molecular weight is 533 g/mol. The van der Waals surface area contributed by atoms with Crippen LogP contribution < -0.4 is 15.0 Å². The van der Waals surface area contributed by atoms with Crippen molar-refractivity contribution in [3.05, 3.63) is 106 Å². The summed E-state index contributed by atoms with van der Waals surface area (Å²) in [7, 11) is 1.68. The molecule has 0 bridgehead atoms. The Bertz CT molecular complexity index is 1340. The Balaban J connectivity index is 1.68. The highest BCUT2D eigenvalue weighted by Crippen LogP contribution is 2.44. The first-order valence-electron chi connectivity index (χ1n) is 11.1. The summed E-state index contributed by atoms with van der Waals surface area (Å²) < 4.78 is 8.86. The summed E-state index contributed by atoms with van der Waals surface area (Å²) in [6.07, 6.45) is 1.83. The van der Waals surface area contributed by atoms with Crippen LogP contribution in [0.15, 0.2) is 83.5 Å². The van der Waals surface area contributed by atoms with Crippen LogP contribution in [-0.2, 0) is 0 Å². The van der Waals surface area contributed by atoms with Crippen LogP contribution >= 0.6 is 28.1 Å². The lowest BCUT2D eigenvalue weighted by molar-refractivity contribution is 0.415. The Labute approximate surface area is 213 Å². The molecule has 2 atom stereocenters. The summed E-state index contributed by atoms with van der Waals surface area (Å²) in [6.45, 7) is 4.32. The van der Waals surface area contributed by atoms with E-state index in [9.17, 15) is 0 Å². The molecule has 0 radical (unpaired) electrons. The van der Waals surface area contributed by atoms with Gasteiger partial charge >= 0.3 is 0 Å². The molecule has 1 aliphatic rings. The molecule has 1 aliphatic heterocycles. The number of ether oxygens (including phenoxy) is 1. The van der Waals surface area contributed by atoms with Crippen molar-refractivity contribution in [1.82, 2.24) is 14.9 Å². The summed E-state index contributed by atoms with van der Waals surface area (Å²) in [5.41, 5.74) is 6.59. The summed E-state index contributed by atoms with van der Waals surface area (Å²) in [4.78, 5) is 6.86. The van der Waals surface area contributed by atoms with Crippen molar-refractivity contribution in [1.29, 1.82) is 0 Å². The van der Waals surface area contributed by atoms with Crippen LogP contribution in [0.25, 0.3) is 5.69 Å². The van der Waals surface area contributed by atoms with Crippen molar-refractivity contribution in [2.75, 3.05) is 12.0 Å². The Kier molecular flexibility index (Phi) is 6.15. The molecular weight excluding hydrogens is 508 g/mol. The van der Waals surface area contributed by atoms with Gasteiger partial charge in [0.25, 0.3) is 0 Å². The van der Waals surface area contributed by atoms with E-state index >= 15 is 0 Å². The van der Waals surface area contributed by atoms with Gasteiger partial charge in [0.15, 0.2) is 5.11 Å². The van der Waals surface area contributed by atoms with E-state index in [2.05, 4.69) is 92.0 Å². The van der Waals surface area contributed by atoms with Gasteiger partial charge in [-0.1, -0.05) is 28.1 Å². The number of nitrogens with one attached hydrogen (secondary N) is 1. The number of benzene rings is 2. The topological polar surface area (TPSA) is 42.3 Å². The highest BCUT2D eigenvalue weighted by molar-refractivity contribution is 9.10. The molecule has 2 aromatic heterocycles. The third kappa shape index (κ3) is 3.99. The van der Waals surface area contributed by atoms with Gasteiger partial charge in [0, 0.05) is 39.5 Å². The Morgan fingerprint density at radius 2 is 1.76 bits per heavy atom. The fourth-order valence-corrected chi connectivity index (χ4v) is 5.39. The van der Waals surface area contributed by atoms with E-state index in [1.54, 1.807) is 7.11 Å². The second-order valence-corrected chi connectivity index (χ2v) is 9.64. The zero-order chi connectivity index (χ0) is 23.8. The maximum Gasteiger partial charge on any atom is 0.174 e. The number of nitrogens with zero attached hydrogens (tertiary/aromatic N) is 3. The highest BCUT2D eigenvalue weighted by Gasteiger charge is 2.42. The molecule has 5 rings (SSSR count). The van der Waals surface area contributed by atoms with Crippen LogP contribution in [0.5, 0.6) is 5.75 Å². The Hall–Kier alpha value is -3.16. The first-order chi connectivity index (χ1) is 16.5. The third-order valence-electron chi connectivity index (χ3n) is 6.30. The van der Waals surface area contributed by atoms with Gasteiger partial charge in [0.05, 0.1) is 24.9 Å². The number of halogens is 1. The molecule has 0 unspecified atom stereocenters. The van der Waals surface area contributed by atoms with Crippen molar-refractivity contribution in [3.63, 3.8) is 0 Å². The van der Waals surface area contributed by atoms with Gasteiger partial charge in [-0.3, -0.25) is 4.98 Å². The molecule has 1 saturated heterocycles. The molecule has 1 N–H and O–H groups in total. The quantitative estimate of drug-likeness (QED) is 0.299. The monoisotopic (exact) mass is 532 g/mol. The first kappa shape index (κ1) is 22.6. The lowest BCUT2D eigenvalue weighted by Crippen LogP contribution is -2.29. The maximum absolute atomic E-state index is 5.88. The lowest BCUT2D eigenvalue weighted by atomic mass is 9.96. The fourth-order valence-electron chi connectivity index (χ4n) is 4.78. The summed E-state index contributed by atoms with van der Waals surface area (Å²) >= 11 is 9.43. The van der Waals surface area contributed by atoms with Gasteiger partial charge in [-0.25, -0.2) is 0 Å². The van der Waals surface area contributed by atoms with Gasteiger partial charge in [0.2, 0.25) is 0 Å². The zero-order valence-corrected chi connectivity index (χ0v) is 21.6. The Morgan fingerprint density at radius 3 is 2.47 bits per heavy atom. The largest absolute Gasteiger partial charge is 0.497 e. The van der Waals surface area contributed by atoms with Gasteiger partial charge in [0.1, 0.15) is 5.75 Å².